The van der Waals surface area contributed by atoms with Crippen molar-refractivity contribution in [3.8, 4) is 5.75 Å². The second kappa shape index (κ2) is 8.98. The van der Waals surface area contributed by atoms with Gasteiger partial charge in [-0.15, -0.1) is 0 Å². The number of benzene rings is 1. The third-order valence-corrected chi connectivity index (χ3v) is 3.49. The molecule has 130 valence electrons. The van der Waals surface area contributed by atoms with E-state index in [0.29, 0.717) is 19.8 Å². The Morgan fingerprint density at radius 2 is 2.00 bits per heavy atom. The zero-order valence-corrected chi connectivity index (χ0v) is 14.3. The molecule has 2 amide bonds. The SMILES string of the molecule is COCCOc1ccccc1CNC(=O)NC(C)c1ccc(C)o1. The van der Waals surface area contributed by atoms with Gasteiger partial charge in [0.15, 0.2) is 0 Å². The maximum Gasteiger partial charge on any atom is 0.315 e. The Labute approximate surface area is 142 Å². The van der Waals surface area contributed by atoms with Crippen LogP contribution in [-0.4, -0.2) is 26.4 Å². The van der Waals surface area contributed by atoms with Crippen molar-refractivity contribution in [3.63, 3.8) is 0 Å². The predicted octanol–water partition coefficient (Wildman–Crippen LogP) is 3.17. The number of para-hydroxylation sites is 1. The fraction of sp³-hybridized carbons (Fsp3) is 0.389. The van der Waals surface area contributed by atoms with Crippen molar-refractivity contribution in [1.82, 2.24) is 10.6 Å². The number of ether oxygens (including phenoxy) is 2. The minimum absolute atomic E-state index is 0.202. The van der Waals surface area contributed by atoms with Crippen molar-refractivity contribution >= 4 is 6.03 Å². The Kier molecular flexibility index (Phi) is 6.69. The average molecular weight is 332 g/mol. The second-order valence-corrected chi connectivity index (χ2v) is 5.45. The van der Waals surface area contributed by atoms with Crippen LogP contribution >= 0.6 is 0 Å². The summed E-state index contributed by atoms with van der Waals surface area (Å²) >= 11 is 0. The number of amides is 2. The van der Waals surface area contributed by atoms with E-state index in [9.17, 15) is 4.79 Å². The molecule has 24 heavy (non-hydrogen) atoms. The molecule has 0 spiro atoms. The molecule has 0 bridgehead atoms. The molecule has 1 unspecified atom stereocenters. The fourth-order valence-corrected chi connectivity index (χ4v) is 2.21. The Balaban J connectivity index is 1.85. The highest BCUT2D eigenvalue weighted by Gasteiger charge is 2.13. The molecule has 6 nitrogen and oxygen atoms in total. The molecule has 0 saturated heterocycles. The van der Waals surface area contributed by atoms with E-state index >= 15 is 0 Å². The summed E-state index contributed by atoms with van der Waals surface area (Å²) in [6.07, 6.45) is 0. The maximum absolute atomic E-state index is 12.1. The quantitative estimate of drug-likeness (QED) is 0.728. The molecule has 0 radical (unpaired) electrons. The topological polar surface area (TPSA) is 72.7 Å². The van der Waals surface area contributed by atoms with Crippen molar-refractivity contribution in [2.24, 2.45) is 0 Å². The lowest BCUT2D eigenvalue weighted by Crippen LogP contribution is -2.36. The van der Waals surface area contributed by atoms with Gasteiger partial charge in [-0.3, -0.25) is 0 Å². The van der Waals surface area contributed by atoms with Crippen LogP contribution < -0.4 is 15.4 Å². The summed E-state index contributed by atoms with van der Waals surface area (Å²) in [5, 5.41) is 5.68. The molecule has 1 aromatic heterocycles. The van der Waals surface area contributed by atoms with Crippen LogP contribution in [0.15, 0.2) is 40.8 Å². The molecule has 1 heterocycles. The minimum Gasteiger partial charge on any atom is -0.491 e. The molecule has 0 saturated carbocycles. The van der Waals surface area contributed by atoms with E-state index in [-0.39, 0.29) is 12.1 Å². The standard InChI is InChI=1S/C18H24N2O4/c1-13-8-9-16(24-13)14(2)20-18(21)19-12-15-6-4-5-7-17(15)23-11-10-22-3/h4-9,14H,10-12H2,1-3H3,(H2,19,20,21). The van der Waals surface area contributed by atoms with Gasteiger partial charge in [-0.2, -0.15) is 0 Å². The van der Waals surface area contributed by atoms with Crippen molar-refractivity contribution < 1.29 is 18.7 Å². The smallest absolute Gasteiger partial charge is 0.315 e. The molecule has 0 fully saturated rings. The molecule has 1 atom stereocenters. The number of carbonyl (C=O) groups is 1. The lowest BCUT2D eigenvalue weighted by molar-refractivity contribution is 0.145. The monoisotopic (exact) mass is 332 g/mol. The fourth-order valence-electron chi connectivity index (χ4n) is 2.21. The molecular formula is C18H24N2O4. The number of hydrogen-bond donors (Lipinski definition) is 2. The first-order valence-electron chi connectivity index (χ1n) is 7.90. The third-order valence-electron chi connectivity index (χ3n) is 3.49. The summed E-state index contributed by atoms with van der Waals surface area (Å²) in [6.45, 7) is 5.10. The number of nitrogens with one attached hydrogen (secondary N) is 2. The van der Waals surface area contributed by atoms with Gasteiger partial charge >= 0.3 is 6.03 Å². The zero-order chi connectivity index (χ0) is 17.4. The van der Waals surface area contributed by atoms with Gasteiger partial charge in [0.25, 0.3) is 0 Å². The van der Waals surface area contributed by atoms with Gasteiger partial charge in [0.2, 0.25) is 0 Å². The summed E-state index contributed by atoms with van der Waals surface area (Å²) < 4.78 is 16.1. The van der Waals surface area contributed by atoms with Crippen molar-refractivity contribution in [3.05, 3.63) is 53.5 Å². The van der Waals surface area contributed by atoms with Crippen molar-refractivity contribution in [1.29, 1.82) is 0 Å². The molecule has 1 aromatic carbocycles. The first kappa shape index (κ1) is 17.9. The van der Waals surface area contributed by atoms with E-state index in [4.69, 9.17) is 13.9 Å². The Bertz CT molecular complexity index is 654. The number of rotatable bonds is 8. The normalized spacial score (nSPS) is 11.8. The Hall–Kier alpha value is -2.47. The van der Waals surface area contributed by atoms with E-state index in [1.54, 1.807) is 7.11 Å². The van der Waals surface area contributed by atoms with E-state index in [1.165, 1.54) is 0 Å². The molecule has 0 aliphatic heterocycles. The lowest BCUT2D eigenvalue weighted by atomic mass is 10.2. The van der Waals surface area contributed by atoms with E-state index in [0.717, 1.165) is 22.8 Å². The van der Waals surface area contributed by atoms with Crippen molar-refractivity contribution in [2.75, 3.05) is 20.3 Å². The van der Waals surface area contributed by atoms with Gasteiger partial charge in [0.1, 0.15) is 23.9 Å². The van der Waals surface area contributed by atoms with E-state index in [2.05, 4.69) is 10.6 Å². The highest BCUT2D eigenvalue weighted by atomic mass is 16.5. The lowest BCUT2D eigenvalue weighted by Gasteiger charge is -2.14. The van der Waals surface area contributed by atoms with Gasteiger partial charge in [-0.1, -0.05) is 18.2 Å². The van der Waals surface area contributed by atoms with Gasteiger partial charge in [-0.25, -0.2) is 4.79 Å². The highest BCUT2D eigenvalue weighted by molar-refractivity contribution is 5.74. The second-order valence-electron chi connectivity index (χ2n) is 5.45. The summed E-state index contributed by atoms with van der Waals surface area (Å²) in [5.41, 5.74) is 0.908. The number of aryl methyl sites for hydroxylation is 1. The van der Waals surface area contributed by atoms with Crippen LogP contribution in [0.3, 0.4) is 0 Å². The van der Waals surface area contributed by atoms with E-state index in [1.807, 2.05) is 50.2 Å². The molecule has 6 heteroatoms. The molecular weight excluding hydrogens is 308 g/mol. The summed E-state index contributed by atoms with van der Waals surface area (Å²) in [6, 6.07) is 10.9. The Morgan fingerprint density at radius 1 is 1.21 bits per heavy atom. The minimum atomic E-state index is -0.261. The van der Waals surface area contributed by atoms with E-state index < -0.39 is 0 Å². The van der Waals surface area contributed by atoms with Crippen LogP contribution in [-0.2, 0) is 11.3 Å². The first-order chi connectivity index (χ1) is 11.6. The summed E-state index contributed by atoms with van der Waals surface area (Å²) in [5.74, 6) is 2.29. The number of hydrogen-bond acceptors (Lipinski definition) is 4. The number of furan rings is 1. The van der Waals surface area contributed by atoms with Gasteiger partial charge in [0, 0.05) is 19.2 Å². The van der Waals surface area contributed by atoms with Gasteiger partial charge in [-0.05, 0) is 32.0 Å². The average Bonchev–Trinajstić information content (AvgIpc) is 3.01. The number of urea groups is 1. The molecule has 2 N–H and O–H groups in total. The number of carbonyl (C=O) groups excluding carboxylic acids is 1. The van der Waals surface area contributed by atoms with Gasteiger partial charge in [0.05, 0.1) is 12.6 Å². The van der Waals surface area contributed by atoms with Crippen LogP contribution in [0.5, 0.6) is 5.75 Å². The summed E-state index contributed by atoms with van der Waals surface area (Å²) in [4.78, 5) is 12.1. The zero-order valence-electron chi connectivity index (χ0n) is 14.3. The highest BCUT2D eigenvalue weighted by Crippen LogP contribution is 2.18. The molecule has 0 aliphatic rings. The van der Waals surface area contributed by atoms with Crippen molar-refractivity contribution in [2.45, 2.75) is 26.4 Å². The summed E-state index contributed by atoms with van der Waals surface area (Å²) in [7, 11) is 1.63. The molecule has 2 aromatic rings. The van der Waals surface area contributed by atoms with Crippen LogP contribution in [0.1, 0.15) is 30.0 Å². The molecule has 0 aliphatic carbocycles. The molecule has 2 rings (SSSR count). The maximum atomic E-state index is 12.1. The third kappa shape index (κ3) is 5.31. The van der Waals surface area contributed by atoms with Gasteiger partial charge < -0.3 is 24.5 Å². The van der Waals surface area contributed by atoms with Crippen LogP contribution in [0, 0.1) is 6.92 Å². The number of methoxy groups -OCH3 is 1. The Morgan fingerprint density at radius 3 is 2.71 bits per heavy atom. The van der Waals surface area contributed by atoms with Crippen LogP contribution in [0.4, 0.5) is 4.79 Å². The largest absolute Gasteiger partial charge is 0.491 e. The first-order valence-corrected chi connectivity index (χ1v) is 7.90. The van der Waals surface area contributed by atoms with Crippen LogP contribution in [0.25, 0.3) is 0 Å². The predicted molar refractivity (Wildman–Crippen MR) is 91.0 cm³/mol. The van der Waals surface area contributed by atoms with Crippen LogP contribution in [0.2, 0.25) is 0 Å².